The molecule has 9 aromatic carbocycles. The molecule has 0 aromatic heterocycles. The van der Waals surface area contributed by atoms with Crippen molar-refractivity contribution in [3.63, 3.8) is 0 Å². The molecule has 9 aromatic rings. The lowest BCUT2D eigenvalue weighted by Gasteiger charge is -2.23. The molecule has 1 heteroatoms. The van der Waals surface area contributed by atoms with E-state index in [1.807, 2.05) is 84.9 Å². The lowest BCUT2D eigenvalue weighted by atomic mass is 9.88. The smallest absolute Gasteiger partial charge is 0.135 e. The standard InChI is InChI=1S/C46H28O/c1-2-9-29(10-3-1)33-22-23-38-40-16-8-15-39-36(25-26-43(46(39)40)47-44(38)28-33)31-17-19-32(20-18-31)45-37-14-7-5-12-34(37)27-42-35-13-6-4-11-30(35)21-24-41(42)45/h1-28H/i17D,18D,19D,20D. The Morgan fingerprint density at radius 1 is 0.362 bits per heavy atom. The second kappa shape index (κ2) is 10.2. The largest absolute Gasteiger partial charge is 0.456 e. The SMILES string of the molecule is [2H]c1c([2H])c(-c2c3ccccc3cc3c2ccc2ccccc23)c([2H])c([2H])c1-c1ccc2c3c(cccc13)-c1ccc(-c3ccccc3)cc1O2. The Morgan fingerprint density at radius 2 is 1.09 bits per heavy atom. The molecule has 218 valence electrons. The van der Waals surface area contributed by atoms with Crippen molar-refractivity contribution < 1.29 is 10.2 Å². The van der Waals surface area contributed by atoms with Crippen LogP contribution in [0.5, 0.6) is 11.5 Å². The van der Waals surface area contributed by atoms with Crippen molar-refractivity contribution in [2.45, 2.75) is 0 Å². The van der Waals surface area contributed by atoms with Crippen LogP contribution in [0.25, 0.3) is 87.6 Å². The van der Waals surface area contributed by atoms with Crippen molar-refractivity contribution in [3.8, 4) is 56.0 Å². The monoisotopic (exact) mass is 600 g/mol. The maximum Gasteiger partial charge on any atom is 0.135 e. The van der Waals surface area contributed by atoms with Crippen molar-refractivity contribution in [1.29, 1.82) is 0 Å². The Hall–Kier alpha value is -6.18. The quantitative estimate of drug-likeness (QED) is 0.145. The molecule has 0 atom stereocenters. The van der Waals surface area contributed by atoms with Crippen LogP contribution in [-0.4, -0.2) is 0 Å². The molecule has 0 amide bonds. The first-order valence-corrected chi connectivity index (χ1v) is 15.9. The van der Waals surface area contributed by atoms with E-state index in [0.29, 0.717) is 22.4 Å². The molecule has 0 radical (unpaired) electrons. The minimum atomic E-state index is -0.0711. The number of hydrogen-bond acceptors (Lipinski definition) is 1. The summed E-state index contributed by atoms with van der Waals surface area (Å²) in [6.45, 7) is 0. The summed E-state index contributed by atoms with van der Waals surface area (Å²) < 4.78 is 44.4. The van der Waals surface area contributed by atoms with Crippen molar-refractivity contribution in [3.05, 3.63) is 170 Å². The van der Waals surface area contributed by atoms with Crippen LogP contribution in [0.4, 0.5) is 0 Å². The Bertz CT molecular complexity index is 2900. The Balaban J connectivity index is 1.19. The Kier molecular flexibility index (Phi) is 4.83. The fourth-order valence-electron chi connectivity index (χ4n) is 7.32. The molecule has 0 N–H and O–H groups in total. The summed E-state index contributed by atoms with van der Waals surface area (Å²) in [5.41, 5.74) is 6.09. The summed E-state index contributed by atoms with van der Waals surface area (Å²) in [5.74, 6) is 1.47. The molecule has 0 saturated carbocycles. The highest BCUT2D eigenvalue weighted by Gasteiger charge is 2.22. The maximum absolute atomic E-state index is 9.49. The average molecular weight is 601 g/mol. The predicted octanol–water partition coefficient (Wildman–Crippen LogP) is 13.1. The van der Waals surface area contributed by atoms with Crippen molar-refractivity contribution in [1.82, 2.24) is 0 Å². The van der Waals surface area contributed by atoms with Crippen molar-refractivity contribution in [2.24, 2.45) is 0 Å². The zero-order valence-electron chi connectivity index (χ0n) is 29.3. The van der Waals surface area contributed by atoms with Crippen LogP contribution >= 0.6 is 0 Å². The van der Waals surface area contributed by atoms with Crippen LogP contribution in [0, 0.1) is 0 Å². The molecule has 1 nitrogen and oxygen atoms in total. The molecule has 1 heterocycles. The van der Waals surface area contributed by atoms with Crippen LogP contribution < -0.4 is 4.74 Å². The highest BCUT2D eigenvalue weighted by molar-refractivity contribution is 6.20. The van der Waals surface area contributed by atoms with Crippen LogP contribution in [0.15, 0.2) is 170 Å². The van der Waals surface area contributed by atoms with Gasteiger partial charge in [0, 0.05) is 10.9 Å². The van der Waals surface area contributed by atoms with E-state index in [1.165, 1.54) is 0 Å². The molecule has 1 aliphatic rings. The average Bonchev–Trinajstić information content (AvgIpc) is 3.18. The number of ether oxygens (including phenoxy) is 1. The van der Waals surface area contributed by atoms with Gasteiger partial charge in [0.05, 0.1) is 5.48 Å². The molecule has 0 aliphatic carbocycles. The summed E-state index contributed by atoms with van der Waals surface area (Å²) in [7, 11) is 0. The van der Waals surface area contributed by atoms with Gasteiger partial charge in [-0.1, -0.05) is 145 Å². The molecule has 47 heavy (non-hydrogen) atoms. The number of hydrogen-bond donors (Lipinski definition) is 0. The topological polar surface area (TPSA) is 9.23 Å². The molecule has 0 saturated heterocycles. The first kappa shape index (κ1) is 22.3. The highest BCUT2D eigenvalue weighted by Crippen LogP contribution is 2.49. The van der Waals surface area contributed by atoms with Gasteiger partial charge in [-0.15, -0.1) is 0 Å². The van der Waals surface area contributed by atoms with E-state index in [0.717, 1.165) is 71.1 Å². The summed E-state index contributed by atoms with van der Waals surface area (Å²) in [4.78, 5) is 0. The third kappa shape index (κ3) is 4.03. The zero-order valence-corrected chi connectivity index (χ0v) is 25.3. The van der Waals surface area contributed by atoms with Gasteiger partial charge in [0.15, 0.2) is 0 Å². The first-order chi connectivity index (χ1) is 25.0. The zero-order chi connectivity index (χ0) is 34.4. The predicted molar refractivity (Wildman–Crippen MR) is 198 cm³/mol. The fourth-order valence-corrected chi connectivity index (χ4v) is 7.32. The maximum atomic E-state index is 9.49. The second-order valence-electron chi connectivity index (χ2n) is 12.1. The summed E-state index contributed by atoms with van der Waals surface area (Å²) in [5, 5.41) is 7.68. The number of fused-ring (bicyclic) bond motifs is 6. The molecule has 10 rings (SSSR count). The normalized spacial score (nSPS) is 13.2. The van der Waals surface area contributed by atoms with Gasteiger partial charge in [0.2, 0.25) is 0 Å². The van der Waals surface area contributed by atoms with Crippen LogP contribution in [0.2, 0.25) is 0 Å². The van der Waals surface area contributed by atoms with Crippen LogP contribution in [0.1, 0.15) is 5.48 Å². The molecule has 1 aliphatic heterocycles. The molecule has 0 unspecified atom stereocenters. The van der Waals surface area contributed by atoms with Gasteiger partial charge >= 0.3 is 0 Å². The highest BCUT2D eigenvalue weighted by atomic mass is 16.5. The first-order valence-electron chi connectivity index (χ1n) is 17.9. The van der Waals surface area contributed by atoms with Gasteiger partial charge in [-0.25, -0.2) is 0 Å². The molecule has 0 fully saturated rings. The van der Waals surface area contributed by atoms with Crippen LogP contribution in [-0.2, 0) is 0 Å². The van der Waals surface area contributed by atoms with E-state index >= 15 is 0 Å². The van der Waals surface area contributed by atoms with Crippen LogP contribution in [0.3, 0.4) is 0 Å². The molecule has 0 bridgehead atoms. The van der Waals surface area contributed by atoms with Crippen molar-refractivity contribution in [2.75, 3.05) is 0 Å². The summed E-state index contributed by atoms with van der Waals surface area (Å²) in [6.07, 6.45) is 0. The van der Waals surface area contributed by atoms with Crippen molar-refractivity contribution >= 4 is 43.1 Å². The minimum absolute atomic E-state index is 0.0627. The van der Waals surface area contributed by atoms with Gasteiger partial charge in [0.1, 0.15) is 11.5 Å². The Morgan fingerprint density at radius 3 is 1.96 bits per heavy atom. The van der Waals surface area contributed by atoms with E-state index in [9.17, 15) is 5.48 Å². The summed E-state index contributed by atoms with van der Waals surface area (Å²) >= 11 is 0. The van der Waals surface area contributed by atoms with Gasteiger partial charge < -0.3 is 4.74 Å². The lowest BCUT2D eigenvalue weighted by molar-refractivity contribution is 0.487. The third-order valence-electron chi connectivity index (χ3n) is 9.52. The number of rotatable bonds is 3. The lowest BCUT2D eigenvalue weighted by Crippen LogP contribution is -1.98. The minimum Gasteiger partial charge on any atom is -0.456 e. The number of benzene rings is 9. The third-order valence-corrected chi connectivity index (χ3v) is 9.52. The van der Waals surface area contributed by atoms with E-state index in [1.54, 1.807) is 0 Å². The van der Waals surface area contributed by atoms with E-state index in [2.05, 4.69) is 60.7 Å². The fraction of sp³-hybridized carbons (Fsp3) is 0. The van der Waals surface area contributed by atoms with E-state index in [4.69, 9.17) is 4.74 Å². The van der Waals surface area contributed by atoms with Gasteiger partial charge in [0.25, 0.3) is 0 Å². The molecular weight excluding hydrogens is 569 g/mol. The second-order valence-corrected chi connectivity index (χ2v) is 12.1. The van der Waals surface area contributed by atoms with E-state index in [-0.39, 0.29) is 29.7 Å². The van der Waals surface area contributed by atoms with Gasteiger partial charge in [-0.05, 0) is 101 Å². The summed E-state index contributed by atoms with van der Waals surface area (Å²) in [6, 6.07) is 48.5. The molecule has 0 spiro atoms. The van der Waals surface area contributed by atoms with E-state index < -0.39 is 0 Å². The van der Waals surface area contributed by atoms with Gasteiger partial charge in [-0.3, -0.25) is 0 Å². The molecular formula is C46H28O. The van der Waals surface area contributed by atoms with Gasteiger partial charge in [-0.2, -0.15) is 0 Å². The Labute approximate surface area is 278 Å².